The first-order valence-corrected chi connectivity index (χ1v) is 15.2. The molecule has 1 aliphatic rings. The average Bonchev–Trinajstić information content (AvgIpc) is 3.52. The molecule has 7 nitrogen and oxygen atoms in total. The van der Waals surface area contributed by atoms with Crippen LogP contribution in [0, 0.1) is 23.0 Å². The van der Waals surface area contributed by atoms with E-state index in [0.717, 1.165) is 49.3 Å². The molecule has 0 aliphatic carbocycles. The summed E-state index contributed by atoms with van der Waals surface area (Å²) in [5.74, 6) is -1.11. The third-order valence-corrected chi connectivity index (χ3v) is 8.85. The Bertz CT molecular complexity index is 1840. The number of likely N-dealkylation sites (tertiary alicyclic amines) is 1. The van der Waals surface area contributed by atoms with Crippen LogP contribution < -0.4 is 5.32 Å². The highest BCUT2D eigenvalue weighted by molar-refractivity contribution is 6.35. The fourth-order valence-electron chi connectivity index (χ4n) is 5.82. The van der Waals surface area contributed by atoms with E-state index >= 15 is 0 Å². The van der Waals surface area contributed by atoms with Crippen molar-refractivity contribution in [2.45, 2.75) is 38.1 Å². The molecule has 11 heteroatoms. The Morgan fingerprint density at radius 3 is 2.52 bits per heavy atom. The van der Waals surface area contributed by atoms with Gasteiger partial charge in [-0.05, 0) is 79.4 Å². The van der Waals surface area contributed by atoms with Gasteiger partial charge >= 0.3 is 0 Å². The number of hydrogen-bond acceptors (Lipinski definition) is 6. The minimum Gasteiger partial charge on any atom is -0.354 e. The van der Waals surface area contributed by atoms with E-state index in [4.69, 9.17) is 23.2 Å². The van der Waals surface area contributed by atoms with Gasteiger partial charge in [-0.25, -0.2) is 13.5 Å². The monoisotopic (exact) mass is 631 g/mol. The lowest BCUT2D eigenvalue weighted by Crippen LogP contribution is -2.34. The van der Waals surface area contributed by atoms with E-state index in [2.05, 4.69) is 38.5 Å². The summed E-state index contributed by atoms with van der Waals surface area (Å²) in [6, 6.07) is 16.9. The normalized spacial score (nSPS) is 14.9. The van der Waals surface area contributed by atoms with Gasteiger partial charge in [0.1, 0.15) is 17.7 Å². The summed E-state index contributed by atoms with van der Waals surface area (Å²) in [7, 11) is 0. The van der Waals surface area contributed by atoms with Gasteiger partial charge in [-0.3, -0.25) is 4.98 Å². The molecular formula is C33H29Cl2F2N7. The zero-order valence-electron chi connectivity index (χ0n) is 23.9. The van der Waals surface area contributed by atoms with Crippen molar-refractivity contribution in [1.29, 1.82) is 5.26 Å². The van der Waals surface area contributed by atoms with Gasteiger partial charge in [0.15, 0.2) is 0 Å². The second-order valence-electron chi connectivity index (χ2n) is 11.0. The number of aromatic nitrogens is 4. The topological polar surface area (TPSA) is 82.7 Å². The summed E-state index contributed by atoms with van der Waals surface area (Å²) >= 11 is 12.8. The van der Waals surface area contributed by atoms with E-state index in [-0.39, 0.29) is 22.8 Å². The number of nitrogens with zero attached hydrogens (tertiary/aromatic N) is 6. The van der Waals surface area contributed by atoms with E-state index < -0.39 is 5.82 Å². The van der Waals surface area contributed by atoms with Crippen molar-refractivity contribution in [2.24, 2.45) is 0 Å². The highest BCUT2D eigenvalue weighted by atomic mass is 35.5. The first-order chi connectivity index (χ1) is 21.3. The Hall–Kier alpha value is -4.10. The molecule has 1 N–H and O–H groups in total. The largest absolute Gasteiger partial charge is 0.354 e. The summed E-state index contributed by atoms with van der Waals surface area (Å²) in [4.78, 5) is 6.88. The Labute approximate surface area is 264 Å². The van der Waals surface area contributed by atoms with Crippen molar-refractivity contribution in [1.82, 2.24) is 24.9 Å². The van der Waals surface area contributed by atoms with Gasteiger partial charge in [0.2, 0.25) is 0 Å². The summed E-state index contributed by atoms with van der Waals surface area (Å²) in [6.07, 6.45) is 5.94. The molecule has 1 fully saturated rings. The molecule has 0 bridgehead atoms. The summed E-state index contributed by atoms with van der Waals surface area (Å²) in [5, 5.41) is 23.2. The average molecular weight is 633 g/mol. The van der Waals surface area contributed by atoms with Crippen molar-refractivity contribution < 1.29 is 8.78 Å². The van der Waals surface area contributed by atoms with Crippen molar-refractivity contribution >= 4 is 45.5 Å². The first-order valence-electron chi connectivity index (χ1n) is 14.5. The van der Waals surface area contributed by atoms with Gasteiger partial charge in [-0.15, -0.1) is 5.10 Å². The fraction of sp³-hybridized carbons (Fsp3) is 0.273. The predicted octanol–water partition coefficient (Wildman–Crippen LogP) is 8.06. The number of nitriles is 1. The zero-order valence-corrected chi connectivity index (χ0v) is 25.5. The lowest BCUT2D eigenvalue weighted by atomic mass is 9.89. The smallest absolute Gasteiger partial charge is 0.141 e. The Kier molecular flexibility index (Phi) is 8.76. The molecule has 6 rings (SSSR count). The van der Waals surface area contributed by atoms with Crippen molar-refractivity contribution in [3.63, 3.8) is 0 Å². The highest BCUT2D eigenvalue weighted by Crippen LogP contribution is 2.37. The lowest BCUT2D eigenvalue weighted by molar-refractivity contribution is 0.186. The second kappa shape index (κ2) is 12.9. The maximum Gasteiger partial charge on any atom is 0.141 e. The van der Waals surface area contributed by atoms with Gasteiger partial charge in [-0.1, -0.05) is 47.5 Å². The van der Waals surface area contributed by atoms with E-state index in [1.165, 1.54) is 30.5 Å². The molecule has 0 spiro atoms. The number of anilines is 2. The molecule has 0 amide bonds. The summed E-state index contributed by atoms with van der Waals surface area (Å²) in [5.41, 5.74) is 4.30. The van der Waals surface area contributed by atoms with Crippen LogP contribution in [0.3, 0.4) is 0 Å². The van der Waals surface area contributed by atoms with Gasteiger partial charge in [0, 0.05) is 42.5 Å². The quantitative estimate of drug-likeness (QED) is 0.186. The molecule has 3 heterocycles. The van der Waals surface area contributed by atoms with Gasteiger partial charge < -0.3 is 10.2 Å². The molecule has 1 saturated heterocycles. The molecule has 3 aromatic carbocycles. The molecular weight excluding hydrogens is 603 g/mol. The number of benzene rings is 3. The Morgan fingerprint density at radius 2 is 1.82 bits per heavy atom. The molecule has 1 atom stereocenters. The van der Waals surface area contributed by atoms with Crippen LogP contribution in [-0.4, -0.2) is 44.5 Å². The van der Waals surface area contributed by atoms with E-state index in [1.54, 1.807) is 18.2 Å². The minimum absolute atomic E-state index is 0.0447. The number of hydrogen-bond donors (Lipinski definition) is 1. The summed E-state index contributed by atoms with van der Waals surface area (Å²) in [6.45, 7) is 5.25. The minimum atomic E-state index is -0.544. The molecule has 224 valence electrons. The van der Waals surface area contributed by atoms with Crippen LogP contribution in [-0.2, 0) is 6.42 Å². The third-order valence-electron chi connectivity index (χ3n) is 8.27. The highest BCUT2D eigenvalue weighted by Gasteiger charge is 2.25. The number of pyridine rings is 1. The number of piperidine rings is 1. The van der Waals surface area contributed by atoms with Gasteiger partial charge in [0.05, 0.1) is 38.5 Å². The predicted molar refractivity (Wildman–Crippen MR) is 169 cm³/mol. The van der Waals surface area contributed by atoms with Crippen LogP contribution in [0.15, 0.2) is 67.0 Å². The molecule has 1 aliphatic heterocycles. The van der Waals surface area contributed by atoms with Gasteiger partial charge in [0.25, 0.3) is 0 Å². The van der Waals surface area contributed by atoms with Crippen LogP contribution in [0.2, 0.25) is 10.0 Å². The van der Waals surface area contributed by atoms with Crippen LogP contribution in [0.25, 0.3) is 10.9 Å². The molecule has 5 aromatic rings. The molecule has 2 aromatic heterocycles. The fourth-order valence-corrected chi connectivity index (χ4v) is 6.30. The Morgan fingerprint density at radius 1 is 1.05 bits per heavy atom. The molecule has 0 radical (unpaired) electrons. The summed E-state index contributed by atoms with van der Waals surface area (Å²) < 4.78 is 29.7. The van der Waals surface area contributed by atoms with Crippen molar-refractivity contribution in [2.75, 3.05) is 25.0 Å². The molecule has 44 heavy (non-hydrogen) atoms. The number of nitrogens with one attached hydrogen (secondary N) is 1. The van der Waals surface area contributed by atoms with E-state index in [1.807, 2.05) is 23.0 Å². The third kappa shape index (κ3) is 6.25. The number of rotatable bonds is 8. The molecule has 0 saturated carbocycles. The van der Waals surface area contributed by atoms with Crippen molar-refractivity contribution in [3.8, 4) is 6.07 Å². The van der Waals surface area contributed by atoms with Gasteiger partial charge in [-0.2, -0.15) is 5.26 Å². The van der Waals surface area contributed by atoms with E-state index in [0.29, 0.717) is 39.3 Å². The van der Waals surface area contributed by atoms with Crippen LogP contribution in [0.4, 0.5) is 20.2 Å². The zero-order chi connectivity index (χ0) is 30.8. The first kappa shape index (κ1) is 29.9. The van der Waals surface area contributed by atoms with E-state index in [9.17, 15) is 14.0 Å². The molecule has 0 unspecified atom stereocenters. The van der Waals surface area contributed by atoms with Crippen molar-refractivity contribution in [3.05, 3.63) is 111 Å². The maximum absolute atomic E-state index is 13.9. The van der Waals surface area contributed by atoms with Crippen LogP contribution in [0.5, 0.6) is 0 Å². The standard InChI is InChI=1S/C33H29Cl2F2N7/c1-2-43-11-9-25(10-12-43)44-19-31(41-42-44)26(21-3-5-23(36)6-4-21)13-20-14-27-32(40-24-7-8-30(37)28(34)16-24)22(17-38)18-39-33(27)29(35)15-20/h3-8,14-16,18-19,25-26H,2,9-13H2,1H3,(H,39,40)/t26-/m0/s1. The lowest BCUT2D eigenvalue weighted by Gasteiger charge is -2.30. The Balaban J connectivity index is 1.38. The van der Waals surface area contributed by atoms with Crippen LogP contribution >= 0.6 is 23.2 Å². The second-order valence-corrected chi connectivity index (χ2v) is 11.8. The van der Waals surface area contributed by atoms with Crippen LogP contribution in [0.1, 0.15) is 54.1 Å². The SMILES string of the molecule is CCN1CCC(n2cc([C@@H](Cc3cc(Cl)c4ncc(C#N)c(Nc5ccc(F)c(Cl)c5)c4c3)c3ccc(F)cc3)nn2)CC1. The maximum atomic E-state index is 13.9. The number of halogens is 4. The number of fused-ring (bicyclic) bond motifs is 1.